The lowest BCUT2D eigenvalue weighted by atomic mass is 10.1. The van der Waals surface area contributed by atoms with E-state index in [1.165, 1.54) is 6.07 Å². The summed E-state index contributed by atoms with van der Waals surface area (Å²) in [5, 5.41) is 11.2. The van der Waals surface area contributed by atoms with Crippen LogP contribution in [0.3, 0.4) is 0 Å². The maximum atomic E-state index is 10.6. The molecule has 0 aliphatic heterocycles. The zero-order valence-corrected chi connectivity index (χ0v) is 8.06. The number of hydrogen-bond acceptors (Lipinski definition) is 2. The van der Waals surface area contributed by atoms with Crippen molar-refractivity contribution in [3.8, 4) is 0 Å². The van der Waals surface area contributed by atoms with Crippen molar-refractivity contribution < 1.29 is 14.7 Å². The summed E-state index contributed by atoms with van der Waals surface area (Å²) in [5.74, 6) is -0.959. The molecule has 0 unspecified atom stereocenters. The Balaban J connectivity index is 2.58. The van der Waals surface area contributed by atoms with Gasteiger partial charge in [0.1, 0.15) is 0 Å². The lowest BCUT2D eigenvalue weighted by molar-refractivity contribution is 0.0696. The number of rotatable bonds is 4. The lowest BCUT2D eigenvalue weighted by Gasteiger charge is -2.03. The van der Waals surface area contributed by atoms with Gasteiger partial charge in [0.2, 0.25) is 0 Å². The molecular weight excluding hydrogens is 196 g/mol. The monoisotopic (exact) mass is 208 g/mol. The third-order valence-corrected chi connectivity index (χ3v) is 1.89. The van der Waals surface area contributed by atoms with Gasteiger partial charge in [-0.05, 0) is 24.1 Å². The second-order valence-corrected chi connectivity index (χ2v) is 3.05. The number of benzene rings is 1. The number of aromatic carboxylic acids is 1. The zero-order chi connectivity index (χ0) is 11.3. The minimum absolute atomic E-state index is 0.242. The number of carbonyl (C=O) groups is 2. The first kappa shape index (κ1) is 11.0. The SMILES string of the molecule is NC(=O)NCCc1cccc(C(=O)O)c1. The van der Waals surface area contributed by atoms with Gasteiger partial charge >= 0.3 is 12.0 Å². The van der Waals surface area contributed by atoms with Crippen molar-refractivity contribution in [2.24, 2.45) is 5.73 Å². The Bertz CT molecular complexity index is 377. The van der Waals surface area contributed by atoms with Crippen LogP contribution in [-0.4, -0.2) is 23.7 Å². The van der Waals surface area contributed by atoms with Crippen LogP contribution in [-0.2, 0) is 6.42 Å². The number of hydrogen-bond donors (Lipinski definition) is 3. The van der Waals surface area contributed by atoms with Crippen molar-refractivity contribution in [2.45, 2.75) is 6.42 Å². The van der Waals surface area contributed by atoms with Crippen LogP contribution in [0.15, 0.2) is 24.3 Å². The summed E-state index contributed by atoms with van der Waals surface area (Å²) >= 11 is 0. The molecule has 0 fully saturated rings. The number of urea groups is 1. The number of nitrogens with one attached hydrogen (secondary N) is 1. The van der Waals surface area contributed by atoms with Crippen LogP contribution in [0.1, 0.15) is 15.9 Å². The molecule has 1 rings (SSSR count). The number of carbonyl (C=O) groups excluding carboxylic acids is 1. The van der Waals surface area contributed by atoms with E-state index in [4.69, 9.17) is 10.8 Å². The maximum absolute atomic E-state index is 10.6. The van der Waals surface area contributed by atoms with Crippen molar-refractivity contribution in [1.82, 2.24) is 5.32 Å². The van der Waals surface area contributed by atoms with Gasteiger partial charge in [0.05, 0.1) is 5.56 Å². The largest absolute Gasteiger partial charge is 0.478 e. The molecular formula is C10H12N2O3. The molecule has 0 spiro atoms. The molecule has 0 atom stereocenters. The Labute approximate surface area is 86.9 Å². The Morgan fingerprint density at radius 3 is 2.73 bits per heavy atom. The van der Waals surface area contributed by atoms with E-state index < -0.39 is 12.0 Å². The Kier molecular flexibility index (Phi) is 3.68. The molecule has 0 heterocycles. The van der Waals surface area contributed by atoms with Gasteiger partial charge < -0.3 is 16.2 Å². The van der Waals surface area contributed by atoms with Gasteiger partial charge in [-0.1, -0.05) is 12.1 Å². The highest BCUT2D eigenvalue weighted by molar-refractivity contribution is 5.87. The average molecular weight is 208 g/mol. The summed E-state index contributed by atoms with van der Waals surface area (Å²) in [5.41, 5.74) is 5.98. The fraction of sp³-hybridized carbons (Fsp3) is 0.200. The number of amides is 2. The second-order valence-electron chi connectivity index (χ2n) is 3.05. The van der Waals surface area contributed by atoms with Crippen LogP contribution in [0.5, 0.6) is 0 Å². The summed E-state index contributed by atoms with van der Waals surface area (Å²) in [6.07, 6.45) is 0.560. The number of nitrogens with two attached hydrogens (primary N) is 1. The summed E-state index contributed by atoms with van der Waals surface area (Å²) in [6, 6.07) is 5.99. The van der Waals surface area contributed by atoms with Crippen LogP contribution in [0, 0.1) is 0 Å². The Hall–Kier alpha value is -2.04. The van der Waals surface area contributed by atoms with Crippen LogP contribution < -0.4 is 11.1 Å². The van der Waals surface area contributed by atoms with Gasteiger partial charge in [-0.25, -0.2) is 9.59 Å². The molecule has 0 aliphatic rings. The minimum atomic E-state index is -0.959. The zero-order valence-electron chi connectivity index (χ0n) is 8.06. The normalized spacial score (nSPS) is 9.60. The van der Waals surface area contributed by atoms with Crippen molar-refractivity contribution in [3.63, 3.8) is 0 Å². The van der Waals surface area contributed by atoms with Gasteiger partial charge in [-0.3, -0.25) is 0 Å². The highest BCUT2D eigenvalue weighted by atomic mass is 16.4. The predicted octanol–water partition coefficient (Wildman–Crippen LogP) is 0.596. The van der Waals surface area contributed by atoms with E-state index in [9.17, 15) is 9.59 Å². The van der Waals surface area contributed by atoms with Crippen LogP contribution in [0.2, 0.25) is 0 Å². The molecule has 80 valence electrons. The topological polar surface area (TPSA) is 92.4 Å². The first-order chi connectivity index (χ1) is 7.09. The molecule has 4 N–H and O–H groups in total. The predicted molar refractivity (Wildman–Crippen MR) is 54.7 cm³/mol. The fourth-order valence-corrected chi connectivity index (χ4v) is 1.19. The second kappa shape index (κ2) is 4.99. The maximum Gasteiger partial charge on any atom is 0.335 e. The van der Waals surface area contributed by atoms with E-state index in [1.54, 1.807) is 18.2 Å². The summed E-state index contributed by atoms with van der Waals surface area (Å²) < 4.78 is 0. The number of primary amides is 1. The minimum Gasteiger partial charge on any atom is -0.478 e. The van der Waals surface area contributed by atoms with E-state index in [-0.39, 0.29) is 5.56 Å². The molecule has 0 aliphatic carbocycles. The molecule has 5 heteroatoms. The molecule has 5 nitrogen and oxygen atoms in total. The van der Waals surface area contributed by atoms with Crippen molar-refractivity contribution in [3.05, 3.63) is 35.4 Å². The standard InChI is InChI=1S/C10H12N2O3/c11-10(15)12-5-4-7-2-1-3-8(6-7)9(13)14/h1-3,6H,4-5H2,(H,13,14)(H3,11,12,15). The first-order valence-electron chi connectivity index (χ1n) is 4.45. The highest BCUT2D eigenvalue weighted by Crippen LogP contribution is 2.05. The van der Waals surface area contributed by atoms with Crippen molar-refractivity contribution >= 4 is 12.0 Å². The van der Waals surface area contributed by atoms with E-state index in [0.29, 0.717) is 13.0 Å². The molecule has 15 heavy (non-hydrogen) atoms. The van der Waals surface area contributed by atoms with Crippen molar-refractivity contribution in [2.75, 3.05) is 6.54 Å². The molecule has 0 aromatic heterocycles. The molecule has 2 amide bonds. The van der Waals surface area contributed by atoms with Gasteiger partial charge in [-0.2, -0.15) is 0 Å². The van der Waals surface area contributed by atoms with Crippen LogP contribution >= 0.6 is 0 Å². The summed E-state index contributed by atoms with van der Waals surface area (Å²) in [6.45, 7) is 0.401. The smallest absolute Gasteiger partial charge is 0.335 e. The van der Waals surface area contributed by atoms with E-state index >= 15 is 0 Å². The third kappa shape index (κ3) is 3.68. The molecule has 0 radical (unpaired) electrons. The van der Waals surface area contributed by atoms with Crippen LogP contribution in [0.25, 0.3) is 0 Å². The fourth-order valence-electron chi connectivity index (χ4n) is 1.19. The van der Waals surface area contributed by atoms with E-state index in [0.717, 1.165) is 5.56 Å². The first-order valence-corrected chi connectivity index (χ1v) is 4.45. The molecule has 0 saturated heterocycles. The van der Waals surface area contributed by atoms with Crippen molar-refractivity contribution in [1.29, 1.82) is 0 Å². The number of carboxylic acid groups (broad SMARTS) is 1. The van der Waals surface area contributed by atoms with Gasteiger partial charge in [0.15, 0.2) is 0 Å². The molecule has 0 saturated carbocycles. The highest BCUT2D eigenvalue weighted by Gasteiger charge is 2.02. The number of carboxylic acids is 1. The van der Waals surface area contributed by atoms with Gasteiger partial charge in [0.25, 0.3) is 0 Å². The van der Waals surface area contributed by atoms with Gasteiger partial charge in [0, 0.05) is 6.54 Å². The van der Waals surface area contributed by atoms with E-state index in [1.807, 2.05) is 0 Å². The molecule has 0 bridgehead atoms. The average Bonchev–Trinajstić information content (AvgIpc) is 2.17. The van der Waals surface area contributed by atoms with Gasteiger partial charge in [-0.15, -0.1) is 0 Å². The van der Waals surface area contributed by atoms with E-state index in [2.05, 4.69) is 5.32 Å². The third-order valence-electron chi connectivity index (χ3n) is 1.89. The Morgan fingerprint density at radius 1 is 1.40 bits per heavy atom. The lowest BCUT2D eigenvalue weighted by Crippen LogP contribution is -2.30. The summed E-state index contributed by atoms with van der Waals surface area (Å²) in [4.78, 5) is 21.0. The van der Waals surface area contributed by atoms with Crippen LogP contribution in [0.4, 0.5) is 4.79 Å². The molecule has 1 aromatic carbocycles. The molecule has 1 aromatic rings. The Morgan fingerprint density at radius 2 is 2.13 bits per heavy atom. The quantitative estimate of drug-likeness (QED) is 0.676. The summed E-state index contributed by atoms with van der Waals surface area (Å²) in [7, 11) is 0.